The Kier molecular flexibility index (Phi) is 10.2. The van der Waals surface area contributed by atoms with Crippen molar-refractivity contribution < 1.29 is 45.6 Å². The number of hydrogen-bond donors (Lipinski definition) is 6. The minimum atomic E-state index is -3.93. The van der Waals surface area contributed by atoms with Gasteiger partial charge in [-0.25, -0.2) is 13.6 Å². The molecular weight excluding hydrogens is 655 g/mol. The summed E-state index contributed by atoms with van der Waals surface area (Å²) < 4.78 is 22.8. The van der Waals surface area contributed by atoms with Gasteiger partial charge < -0.3 is 26.2 Å². The van der Waals surface area contributed by atoms with E-state index in [4.69, 9.17) is 10.9 Å². The molecule has 0 aliphatic rings. The molecule has 14 heteroatoms. The molecule has 0 saturated carbocycles. The van der Waals surface area contributed by atoms with Gasteiger partial charge in [0.1, 0.15) is 45.7 Å². The van der Waals surface area contributed by atoms with Crippen LogP contribution in [0.1, 0.15) is 0 Å². The number of rotatable bonds is 5. The molecule has 0 spiro atoms. The fraction of sp³-hybridized carbons (Fsp3) is 0. The molecule has 235 valence electrons. The number of anilines is 1. The molecule has 0 bridgehead atoms. The maximum absolute atomic E-state index is 11.4. The normalized spacial score (nSPS) is 11.4. The van der Waals surface area contributed by atoms with E-state index in [0.29, 0.717) is 16.8 Å². The van der Waals surface area contributed by atoms with Crippen molar-refractivity contribution in [1.82, 2.24) is 0 Å². The summed E-state index contributed by atoms with van der Waals surface area (Å²) in [5.74, 6) is -0.334. The summed E-state index contributed by atoms with van der Waals surface area (Å²) in [5, 5.41) is 63.7. The number of sulfonamides is 1. The second-order valence-electron chi connectivity index (χ2n) is 9.65. The Labute approximate surface area is 273 Å². The summed E-state index contributed by atoms with van der Waals surface area (Å²) in [6.45, 7) is 0. The minimum absolute atomic E-state index is 0. The van der Waals surface area contributed by atoms with Gasteiger partial charge in [-0.1, -0.05) is 60.7 Å². The van der Waals surface area contributed by atoms with Crippen LogP contribution in [0.4, 0.5) is 28.4 Å². The number of fused-ring (bicyclic) bond motifs is 2. The third-order valence-electron chi connectivity index (χ3n) is 6.55. The number of phenols is 4. The van der Waals surface area contributed by atoms with Crippen LogP contribution in [-0.4, -0.2) is 28.8 Å². The molecule has 0 unspecified atom stereocenters. The van der Waals surface area contributed by atoms with E-state index in [-0.39, 0.29) is 61.7 Å². The molecule has 12 nitrogen and oxygen atoms in total. The van der Waals surface area contributed by atoms with E-state index in [1.165, 1.54) is 24.3 Å². The van der Waals surface area contributed by atoms with Crippen LogP contribution in [0.15, 0.2) is 135 Å². The molecule has 0 aliphatic heterocycles. The quantitative estimate of drug-likeness (QED) is 0.0609. The van der Waals surface area contributed by atoms with Crippen LogP contribution in [0.5, 0.6) is 23.0 Å². The number of benzene rings is 6. The second kappa shape index (κ2) is 14.0. The van der Waals surface area contributed by atoms with E-state index in [1.54, 1.807) is 30.3 Å². The summed E-state index contributed by atoms with van der Waals surface area (Å²) in [5.41, 5.74) is 6.88. The zero-order chi connectivity index (χ0) is 32.1. The molecule has 1 radical (unpaired) electrons. The molecule has 0 amide bonds. The molecule has 6 aromatic carbocycles. The first-order chi connectivity index (χ1) is 21.5. The number of primary sulfonamides is 1. The van der Waals surface area contributed by atoms with Crippen LogP contribution < -0.4 is 10.9 Å². The summed E-state index contributed by atoms with van der Waals surface area (Å²) >= 11 is 0. The molecule has 46 heavy (non-hydrogen) atoms. The van der Waals surface area contributed by atoms with E-state index < -0.39 is 10.0 Å². The summed E-state index contributed by atoms with van der Waals surface area (Å²) in [6.07, 6.45) is 0. The van der Waals surface area contributed by atoms with Gasteiger partial charge in [-0.3, -0.25) is 0 Å². The topological polar surface area (TPSA) is 217 Å². The molecule has 8 N–H and O–H groups in total. The van der Waals surface area contributed by atoms with Crippen LogP contribution in [0.25, 0.3) is 21.5 Å². The first-order valence-electron chi connectivity index (χ1n) is 13.2. The first kappa shape index (κ1) is 33.4. The summed E-state index contributed by atoms with van der Waals surface area (Å²) in [6, 6.07) is 29.4. The van der Waals surface area contributed by atoms with E-state index in [0.717, 1.165) is 28.3 Å². The number of nitrogens with two attached hydrogens (primary N) is 2. The summed E-state index contributed by atoms with van der Waals surface area (Å²) in [4.78, 5) is -0.198. The Balaban J connectivity index is 0.000000206. The average molecular weight is 682 g/mol. The zero-order valence-corrected chi connectivity index (χ0v) is 25.5. The summed E-state index contributed by atoms with van der Waals surface area (Å²) in [7, 11) is -3.93. The van der Waals surface area contributed by atoms with Gasteiger partial charge in [0.05, 0.1) is 4.90 Å². The Hall–Kier alpha value is -5.54. The SMILES string of the molecule is NS(=O)(=O)c1ccc(O)c(N=Nc2c(O)ccc3ccccc23)c1.Nc1ccc(O)c(N=Nc2c(O)ccc3ccccc23)c1.[Co]. The van der Waals surface area contributed by atoms with Crippen molar-refractivity contribution in [3.05, 3.63) is 109 Å². The number of aromatic hydroxyl groups is 4. The van der Waals surface area contributed by atoms with Crippen LogP contribution in [0.3, 0.4) is 0 Å². The monoisotopic (exact) mass is 681 g/mol. The van der Waals surface area contributed by atoms with Gasteiger partial charge >= 0.3 is 0 Å². The third-order valence-corrected chi connectivity index (χ3v) is 7.46. The Morgan fingerprint density at radius 3 is 1.46 bits per heavy atom. The number of nitrogens with zero attached hydrogens (tertiary/aromatic N) is 4. The number of azo groups is 2. The van der Waals surface area contributed by atoms with Gasteiger partial charge in [0.25, 0.3) is 0 Å². The largest absolute Gasteiger partial charge is 0.506 e. The first-order valence-corrected chi connectivity index (χ1v) is 14.7. The van der Waals surface area contributed by atoms with Gasteiger partial charge in [0.2, 0.25) is 10.0 Å². The van der Waals surface area contributed by atoms with E-state index in [2.05, 4.69) is 20.5 Å². The van der Waals surface area contributed by atoms with Crippen molar-refractivity contribution in [2.24, 2.45) is 25.6 Å². The predicted octanol–water partition coefficient (Wildman–Crippen LogP) is 7.56. The maximum Gasteiger partial charge on any atom is 0.238 e. The van der Waals surface area contributed by atoms with E-state index in [9.17, 15) is 28.8 Å². The second-order valence-corrected chi connectivity index (χ2v) is 11.2. The fourth-order valence-corrected chi connectivity index (χ4v) is 4.82. The Morgan fingerprint density at radius 1 is 0.522 bits per heavy atom. The number of nitrogen functional groups attached to an aromatic ring is 1. The number of phenolic OH excluding ortho intramolecular Hbond substituents is 4. The maximum atomic E-state index is 11.4. The fourth-order valence-electron chi connectivity index (χ4n) is 4.29. The van der Waals surface area contributed by atoms with Crippen molar-refractivity contribution in [1.29, 1.82) is 0 Å². The molecule has 0 saturated heterocycles. The number of hydrogen-bond acceptors (Lipinski definition) is 11. The Morgan fingerprint density at radius 2 is 0.957 bits per heavy atom. The van der Waals surface area contributed by atoms with Crippen LogP contribution in [-0.2, 0) is 26.8 Å². The molecule has 0 aliphatic carbocycles. The van der Waals surface area contributed by atoms with Crippen molar-refractivity contribution >= 4 is 60.0 Å². The zero-order valence-electron chi connectivity index (χ0n) is 23.7. The van der Waals surface area contributed by atoms with Gasteiger partial charge in [-0.15, -0.1) is 20.5 Å². The van der Waals surface area contributed by atoms with Crippen LogP contribution >= 0.6 is 0 Å². The van der Waals surface area contributed by atoms with Gasteiger partial charge in [-0.05, 0) is 59.3 Å². The molecule has 0 heterocycles. The third kappa shape index (κ3) is 7.56. The van der Waals surface area contributed by atoms with Gasteiger partial charge in [-0.2, -0.15) is 0 Å². The van der Waals surface area contributed by atoms with Crippen molar-refractivity contribution in [2.45, 2.75) is 4.90 Å². The molecular formula is C32H26CoN6O6S. The molecule has 6 aromatic rings. The average Bonchev–Trinajstić information content (AvgIpc) is 3.02. The predicted molar refractivity (Wildman–Crippen MR) is 172 cm³/mol. The minimum Gasteiger partial charge on any atom is -0.506 e. The molecule has 6 rings (SSSR count). The van der Waals surface area contributed by atoms with Crippen LogP contribution in [0, 0.1) is 0 Å². The molecule has 0 aromatic heterocycles. The van der Waals surface area contributed by atoms with Gasteiger partial charge in [0.15, 0.2) is 0 Å². The smallest absolute Gasteiger partial charge is 0.238 e. The van der Waals surface area contributed by atoms with E-state index in [1.807, 2.05) is 42.5 Å². The van der Waals surface area contributed by atoms with Crippen molar-refractivity contribution in [3.63, 3.8) is 0 Å². The Bertz CT molecular complexity index is 2230. The molecule has 0 fully saturated rings. The standard InChI is InChI=1S/C16H13N3O4S.C16H13N3O2.Co/c17-24(22,23)11-6-8-14(20)13(9-11)18-19-16-12-4-2-1-3-10(12)5-7-15(16)21;17-11-6-8-14(20)13(9-11)18-19-16-12-4-2-1-3-10(12)5-7-15(16)21;/h1-9,20-21H,(H2,17,22,23);1-9,20-21H,17H2;. The van der Waals surface area contributed by atoms with E-state index >= 15 is 0 Å². The molecule has 0 atom stereocenters. The van der Waals surface area contributed by atoms with Crippen molar-refractivity contribution in [3.8, 4) is 23.0 Å². The van der Waals surface area contributed by atoms with Crippen molar-refractivity contribution in [2.75, 3.05) is 5.73 Å². The van der Waals surface area contributed by atoms with Crippen LogP contribution in [0.2, 0.25) is 0 Å². The van der Waals surface area contributed by atoms with Gasteiger partial charge in [0, 0.05) is 33.2 Å².